The Balaban J connectivity index is 1.66. The third kappa shape index (κ3) is 1.94. The fraction of sp³-hybridized carbons (Fsp3) is 0.765. The predicted molar refractivity (Wildman–Crippen MR) is 80.2 cm³/mol. The number of nitrogens with zero attached hydrogens (tertiary/aromatic N) is 2. The molecule has 0 aromatic carbocycles. The van der Waals surface area contributed by atoms with Gasteiger partial charge >= 0.3 is 0 Å². The van der Waals surface area contributed by atoms with Crippen LogP contribution in [0.15, 0.2) is 0 Å². The van der Waals surface area contributed by atoms with E-state index in [0.29, 0.717) is 11.4 Å². The minimum absolute atomic E-state index is 0.425. The van der Waals surface area contributed by atoms with E-state index < -0.39 is 0 Å². The van der Waals surface area contributed by atoms with E-state index in [0.717, 1.165) is 29.1 Å². The van der Waals surface area contributed by atoms with Crippen molar-refractivity contribution in [3.05, 3.63) is 17.0 Å². The van der Waals surface area contributed by atoms with Crippen molar-refractivity contribution in [3.63, 3.8) is 0 Å². The highest BCUT2D eigenvalue weighted by molar-refractivity contribution is 5.32. The second-order valence-corrected chi connectivity index (χ2v) is 7.83. The minimum Gasteiger partial charge on any atom is -0.368 e. The van der Waals surface area contributed by atoms with Crippen molar-refractivity contribution < 1.29 is 0 Å². The molecule has 108 valence electrons. The molecule has 1 heterocycles. The highest BCUT2D eigenvalue weighted by atomic mass is 15.0. The summed E-state index contributed by atoms with van der Waals surface area (Å²) in [7, 11) is 0. The van der Waals surface area contributed by atoms with Crippen molar-refractivity contribution in [2.45, 2.75) is 58.8 Å². The Morgan fingerprint density at radius 1 is 0.950 bits per heavy atom. The number of aromatic nitrogens is 2. The van der Waals surface area contributed by atoms with Crippen LogP contribution in [-0.2, 0) is 6.42 Å². The summed E-state index contributed by atoms with van der Waals surface area (Å²) in [5, 5.41) is 0. The van der Waals surface area contributed by atoms with Crippen molar-refractivity contribution in [1.82, 2.24) is 9.97 Å². The fourth-order valence-electron chi connectivity index (χ4n) is 5.90. The molecule has 5 rings (SSSR count). The Hall–Kier alpha value is -1.12. The first-order valence-corrected chi connectivity index (χ1v) is 8.13. The topological polar surface area (TPSA) is 51.8 Å². The maximum Gasteiger partial charge on any atom is 0.220 e. The van der Waals surface area contributed by atoms with E-state index >= 15 is 0 Å². The van der Waals surface area contributed by atoms with Gasteiger partial charge in [-0.05, 0) is 87.5 Å². The molecule has 0 amide bonds. The fourth-order valence-corrected chi connectivity index (χ4v) is 5.90. The summed E-state index contributed by atoms with van der Waals surface area (Å²) in [6.07, 6.45) is 10.1. The summed E-state index contributed by atoms with van der Waals surface area (Å²) in [5.41, 5.74) is 9.91. The first-order valence-electron chi connectivity index (χ1n) is 8.13. The molecule has 0 atom stereocenters. The molecule has 2 N–H and O–H groups in total. The number of anilines is 1. The van der Waals surface area contributed by atoms with E-state index in [9.17, 15) is 0 Å². The molecule has 0 aliphatic heterocycles. The van der Waals surface area contributed by atoms with Gasteiger partial charge in [0.05, 0.1) is 0 Å². The highest BCUT2D eigenvalue weighted by Crippen LogP contribution is 2.61. The van der Waals surface area contributed by atoms with Crippen LogP contribution < -0.4 is 5.73 Å². The molecule has 4 saturated carbocycles. The lowest BCUT2D eigenvalue weighted by Gasteiger charge is -2.57. The van der Waals surface area contributed by atoms with Gasteiger partial charge in [-0.25, -0.2) is 9.97 Å². The van der Waals surface area contributed by atoms with Gasteiger partial charge in [0, 0.05) is 11.4 Å². The molecule has 1 aromatic heterocycles. The molecule has 4 fully saturated rings. The minimum atomic E-state index is 0.425. The zero-order chi connectivity index (χ0) is 13.9. The van der Waals surface area contributed by atoms with Gasteiger partial charge in [0.25, 0.3) is 0 Å². The Kier molecular flexibility index (Phi) is 2.64. The third-order valence-electron chi connectivity index (χ3n) is 6.15. The second-order valence-electron chi connectivity index (χ2n) is 7.83. The van der Waals surface area contributed by atoms with E-state index in [2.05, 4.69) is 23.8 Å². The molecule has 0 unspecified atom stereocenters. The number of aryl methyl sites for hydroxylation is 2. The molecule has 0 radical (unpaired) electrons. The van der Waals surface area contributed by atoms with Gasteiger partial charge in [0.2, 0.25) is 5.95 Å². The van der Waals surface area contributed by atoms with Gasteiger partial charge in [-0.15, -0.1) is 0 Å². The van der Waals surface area contributed by atoms with Crippen LogP contribution in [0.3, 0.4) is 0 Å². The predicted octanol–water partition coefficient (Wildman–Crippen LogP) is 3.43. The van der Waals surface area contributed by atoms with Crippen molar-refractivity contribution in [2.75, 3.05) is 5.73 Å². The largest absolute Gasteiger partial charge is 0.368 e. The summed E-state index contributed by atoms with van der Waals surface area (Å²) in [5.74, 6) is 3.46. The Morgan fingerprint density at radius 2 is 1.40 bits per heavy atom. The van der Waals surface area contributed by atoms with Crippen molar-refractivity contribution >= 4 is 5.95 Å². The molecule has 4 aliphatic carbocycles. The van der Waals surface area contributed by atoms with Gasteiger partial charge in [-0.2, -0.15) is 0 Å². The number of hydrogen-bond donors (Lipinski definition) is 1. The quantitative estimate of drug-likeness (QED) is 0.896. The van der Waals surface area contributed by atoms with Gasteiger partial charge in [0.15, 0.2) is 0 Å². The molecular weight excluding hydrogens is 246 g/mol. The van der Waals surface area contributed by atoms with Crippen LogP contribution in [0, 0.1) is 37.0 Å². The van der Waals surface area contributed by atoms with Crippen LogP contribution in [0.4, 0.5) is 5.95 Å². The van der Waals surface area contributed by atoms with Crippen molar-refractivity contribution in [1.29, 1.82) is 0 Å². The standard InChI is InChI=1S/C17H25N3/c1-10-15(11(2)20-16(18)19-10)9-17-6-12-3-13(7-17)5-14(4-12)8-17/h12-14H,3-9H2,1-2H3,(H2,18,19,20). The zero-order valence-electron chi connectivity index (χ0n) is 12.7. The summed E-state index contributed by atoms with van der Waals surface area (Å²) in [6.45, 7) is 4.20. The monoisotopic (exact) mass is 271 g/mol. The van der Waals surface area contributed by atoms with Gasteiger partial charge in [-0.3, -0.25) is 0 Å². The molecule has 4 bridgehead atoms. The maximum atomic E-state index is 5.77. The summed E-state index contributed by atoms with van der Waals surface area (Å²) < 4.78 is 0. The lowest BCUT2D eigenvalue weighted by atomic mass is 9.48. The Bertz CT molecular complexity index is 491. The zero-order valence-corrected chi connectivity index (χ0v) is 12.7. The number of nitrogens with two attached hydrogens (primary N) is 1. The van der Waals surface area contributed by atoms with E-state index in [-0.39, 0.29) is 0 Å². The molecule has 4 aliphatic rings. The Labute approximate surface area is 121 Å². The normalized spacial score (nSPS) is 38.4. The summed E-state index contributed by atoms with van der Waals surface area (Å²) in [4.78, 5) is 8.80. The van der Waals surface area contributed by atoms with Crippen LogP contribution >= 0.6 is 0 Å². The molecule has 3 heteroatoms. The number of rotatable bonds is 2. The molecule has 20 heavy (non-hydrogen) atoms. The third-order valence-corrected chi connectivity index (χ3v) is 6.15. The van der Waals surface area contributed by atoms with Crippen LogP contribution in [0.25, 0.3) is 0 Å². The number of nitrogen functional groups attached to an aromatic ring is 1. The lowest BCUT2D eigenvalue weighted by molar-refractivity contribution is -0.0524. The maximum absolute atomic E-state index is 5.77. The molecule has 3 nitrogen and oxygen atoms in total. The molecular formula is C17H25N3. The van der Waals surface area contributed by atoms with E-state index in [1.54, 1.807) is 0 Å². The molecule has 0 spiro atoms. The van der Waals surface area contributed by atoms with Crippen molar-refractivity contribution in [2.24, 2.45) is 23.2 Å². The lowest BCUT2D eigenvalue weighted by Crippen LogP contribution is -2.47. The van der Waals surface area contributed by atoms with E-state index in [1.807, 2.05) is 0 Å². The molecule has 0 saturated heterocycles. The van der Waals surface area contributed by atoms with Gasteiger partial charge < -0.3 is 5.73 Å². The highest BCUT2D eigenvalue weighted by Gasteiger charge is 2.50. The summed E-state index contributed by atoms with van der Waals surface area (Å²) in [6, 6.07) is 0. The Morgan fingerprint density at radius 3 is 1.85 bits per heavy atom. The second kappa shape index (κ2) is 4.19. The number of hydrogen-bond acceptors (Lipinski definition) is 3. The first kappa shape index (κ1) is 12.6. The average Bonchev–Trinajstić information content (AvgIpc) is 2.32. The average molecular weight is 271 g/mol. The van der Waals surface area contributed by atoms with Gasteiger partial charge in [0.1, 0.15) is 0 Å². The van der Waals surface area contributed by atoms with Crippen LogP contribution in [-0.4, -0.2) is 9.97 Å². The SMILES string of the molecule is Cc1nc(N)nc(C)c1CC12CC3CC(CC(C3)C1)C2. The van der Waals surface area contributed by atoms with Crippen LogP contribution in [0.5, 0.6) is 0 Å². The summed E-state index contributed by atoms with van der Waals surface area (Å²) >= 11 is 0. The van der Waals surface area contributed by atoms with Crippen molar-refractivity contribution in [3.8, 4) is 0 Å². The van der Waals surface area contributed by atoms with E-state index in [4.69, 9.17) is 5.73 Å². The van der Waals surface area contributed by atoms with Crippen LogP contribution in [0.2, 0.25) is 0 Å². The van der Waals surface area contributed by atoms with Gasteiger partial charge in [-0.1, -0.05) is 0 Å². The van der Waals surface area contributed by atoms with E-state index in [1.165, 1.54) is 50.5 Å². The smallest absolute Gasteiger partial charge is 0.220 e. The molecule has 1 aromatic rings. The first-order chi connectivity index (χ1) is 9.53. The van der Waals surface area contributed by atoms with Crippen LogP contribution in [0.1, 0.15) is 55.5 Å².